The fourth-order valence-corrected chi connectivity index (χ4v) is 3.66. The van der Waals surface area contributed by atoms with Crippen LogP contribution in [-0.4, -0.2) is 46.3 Å². The van der Waals surface area contributed by atoms with Crippen LogP contribution in [0.1, 0.15) is 21.5 Å². The topological polar surface area (TPSA) is 90.5 Å². The number of benzene rings is 2. The second-order valence-electron chi connectivity index (χ2n) is 7.33. The minimum atomic E-state index is -0.432. The quantitative estimate of drug-likeness (QED) is 0.355. The lowest BCUT2D eigenvalue weighted by atomic mass is 10.0. The predicted molar refractivity (Wildman–Crippen MR) is 112 cm³/mol. The molecule has 0 saturated carbocycles. The van der Waals surface area contributed by atoms with Gasteiger partial charge in [0.1, 0.15) is 5.69 Å². The summed E-state index contributed by atoms with van der Waals surface area (Å²) in [6.45, 7) is 4.06. The van der Waals surface area contributed by atoms with E-state index >= 15 is 0 Å². The highest BCUT2D eigenvalue weighted by molar-refractivity contribution is 6.09. The smallest absolute Gasteiger partial charge is 0.293 e. The number of morpholine rings is 1. The summed E-state index contributed by atoms with van der Waals surface area (Å²) >= 11 is 0. The van der Waals surface area contributed by atoms with Crippen molar-refractivity contribution in [1.29, 1.82) is 0 Å². The van der Waals surface area contributed by atoms with Gasteiger partial charge < -0.3 is 9.64 Å². The molecule has 8 heteroatoms. The molecule has 8 nitrogen and oxygen atoms in total. The van der Waals surface area contributed by atoms with Crippen molar-refractivity contribution in [3.8, 4) is 0 Å². The Morgan fingerprint density at radius 2 is 2.03 bits per heavy atom. The van der Waals surface area contributed by atoms with Crippen molar-refractivity contribution in [1.82, 2.24) is 9.78 Å². The Labute approximate surface area is 173 Å². The van der Waals surface area contributed by atoms with Crippen LogP contribution in [0.3, 0.4) is 0 Å². The predicted octanol–water partition coefficient (Wildman–Crippen LogP) is 3.24. The largest absolute Gasteiger partial charge is 0.373 e. The van der Waals surface area contributed by atoms with E-state index in [1.54, 1.807) is 42.6 Å². The first-order valence-corrected chi connectivity index (χ1v) is 9.75. The maximum absolute atomic E-state index is 12.7. The molecule has 0 bridgehead atoms. The number of aryl methyl sites for hydroxylation is 1. The average molecular weight is 406 g/mol. The van der Waals surface area contributed by atoms with Crippen LogP contribution >= 0.6 is 0 Å². The van der Waals surface area contributed by atoms with Crippen LogP contribution < -0.4 is 4.90 Å². The molecule has 1 saturated heterocycles. The van der Waals surface area contributed by atoms with Crippen molar-refractivity contribution in [2.24, 2.45) is 0 Å². The van der Waals surface area contributed by atoms with Crippen molar-refractivity contribution < 1.29 is 14.5 Å². The average Bonchev–Trinajstić information content (AvgIpc) is 3.18. The molecule has 1 fully saturated rings. The fourth-order valence-electron chi connectivity index (χ4n) is 3.66. The van der Waals surface area contributed by atoms with Gasteiger partial charge >= 0.3 is 0 Å². The molecule has 1 aliphatic rings. The zero-order valence-corrected chi connectivity index (χ0v) is 16.6. The number of carbonyl (C=O) groups is 1. The van der Waals surface area contributed by atoms with Crippen LogP contribution in [-0.2, 0) is 11.3 Å². The van der Waals surface area contributed by atoms with Crippen molar-refractivity contribution in [2.45, 2.75) is 19.6 Å². The third-order valence-electron chi connectivity index (χ3n) is 5.10. The van der Waals surface area contributed by atoms with Gasteiger partial charge in [0.05, 0.1) is 30.4 Å². The molecule has 154 valence electrons. The van der Waals surface area contributed by atoms with E-state index in [0.29, 0.717) is 43.1 Å². The van der Waals surface area contributed by atoms with Gasteiger partial charge in [-0.05, 0) is 24.6 Å². The number of aromatic nitrogens is 2. The van der Waals surface area contributed by atoms with E-state index in [0.717, 1.165) is 5.56 Å². The van der Waals surface area contributed by atoms with Gasteiger partial charge in [-0.15, -0.1) is 0 Å². The van der Waals surface area contributed by atoms with Gasteiger partial charge in [-0.2, -0.15) is 5.10 Å². The van der Waals surface area contributed by atoms with E-state index in [4.69, 9.17) is 4.74 Å². The molecule has 0 aliphatic carbocycles. The molecule has 4 rings (SSSR count). The summed E-state index contributed by atoms with van der Waals surface area (Å²) in [6, 6.07) is 13.4. The SMILES string of the molecule is Cc1cnn(CC2CN(c3ccc(C(=O)c4ccccc4)cc3[N+](=O)[O-])CCO2)c1. The lowest BCUT2D eigenvalue weighted by molar-refractivity contribution is -0.384. The highest BCUT2D eigenvalue weighted by Crippen LogP contribution is 2.31. The Hall–Kier alpha value is -3.52. The zero-order valence-electron chi connectivity index (χ0n) is 16.6. The van der Waals surface area contributed by atoms with Gasteiger partial charge in [0, 0.05) is 36.5 Å². The lowest BCUT2D eigenvalue weighted by Crippen LogP contribution is -2.44. The molecule has 0 radical (unpaired) electrons. The van der Waals surface area contributed by atoms with Crippen LogP contribution in [0.15, 0.2) is 60.9 Å². The summed E-state index contributed by atoms with van der Waals surface area (Å²) in [5.74, 6) is -0.237. The molecule has 2 aromatic carbocycles. The third-order valence-corrected chi connectivity index (χ3v) is 5.10. The summed E-state index contributed by atoms with van der Waals surface area (Å²) in [5, 5.41) is 16.1. The van der Waals surface area contributed by atoms with Crippen LogP contribution in [0.5, 0.6) is 0 Å². The number of nitrogens with zero attached hydrogens (tertiary/aromatic N) is 4. The van der Waals surface area contributed by atoms with Gasteiger partial charge in [-0.1, -0.05) is 30.3 Å². The number of hydrogen-bond acceptors (Lipinski definition) is 6. The molecule has 1 atom stereocenters. The Morgan fingerprint density at radius 3 is 2.73 bits per heavy atom. The molecule has 1 aromatic heterocycles. The first kappa shape index (κ1) is 19.8. The Bertz CT molecular complexity index is 1060. The second-order valence-corrected chi connectivity index (χ2v) is 7.33. The molecular weight excluding hydrogens is 384 g/mol. The lowest BCUT2D eigenvalue weighted by Gasteiger charge is -2.34. The molecule has 1 unspecified atom stereocenters. The van der Waals surface area contributed by atoms with Crippen LogP contribution in [0.25, 0.3) is 0 Å². The van der Waals surface area contributed by atoms with Gasteiger partial charge in [0.15, 0.2) is 5.78 Å². The minimum Gasteiger partial charge on any atom is -0.373 e. The normalized spacial score (nSPS) is 16.4. The number of nitro groups is 1. The fraction of sp³-hybridized carbons (Fsp3) is 0.273. The summed E-state index contributed by atoms with van der Waals surface area (Å²) in [7, 11) is 0. The van der Waals surface area contributed by atoms with E-state index in [1.165, 1.54) is 6.07 Å². The number of anilines is 1. The minimum absolute atomic E-state index is 0.0765. The number of ketones is 1. The monoisotopic (exact) mass is 406 g/mol. The molecular formula is C22H22N4O4. The summed E-state index contributed by atoms with van der Waals surface area (Å²) in [4.78, 5) is 26.0. The highest BCUT2D eigenvalue weighted by atomic mass is 16.6. The first-order valence-electron chi connectivity index (χ1n) is 9.75. The van der Waals surface area contributed by atoms with Crippen molar-refractivity contribution in [3.05, 3.63) is 87.7 Å². The molecule has 30 heavy (non-hydrogen) atoms. The number of hydrogen-bond donors (Lipinski definition) is 0. The van der Waals surface area contributed by atoms with E-state index < -0.39 is 4.92 Å². The van der Waals surface area contributed by atoms with Gasteiger partial charge in [0.25, 0.3) is 5.69 Å². The Morgan fingerprint density at radius 1 is 1.23 bits per heavy atom. The molecule has 0 N–H and O–H groups in total. The summed E-state index contributed by atoms with van der Waals surface area (Å²) in [6.07, 6.45) is 3.59. The Kier molecular flexibility index (Phi) is 5.58. The first-order chi connectivity index (χ1) is 14.5. The molecule has 1 aliphatic heterocycles. The van der Waals surface area contributed by atoms with Crippen molar-refractivity contribution in [2.75, 3.05) is 24.6 Å². The maximum Gasteiger partial charge on any atom is 0.293 e. The Balaban J connectivity index is 1.57. The van der Waals surface area contributed by atoms with Gasteiger partial charge in [-0.25, -0.2) is 0 Å². The van der Waals surface area contributed by atoms with Crippen molar-refractivity contribution in [3.63, 3.8) is 0 Å². The van der Waals surface area contributed by atoms with E-state index in [9.17, 15) is 14.9 Å². The molecule has 0 spiro atoms. The molecule has 3 aromatic rings. The number of nitro benzene ring substituents is 1. The van der Waals surface area contributed by atoms with E-state index in [1.807, 2.05) is 28.8 Å². The van der Waals surface area contributed by atoms with Crippen LogP contribution in [0.2, 0.25) is 0 Å². The third kappa shape index (κ3) is 4.23. The van der Waals surface area contributed by atoms with Gasteiger partial charge in [-0.3, -0.25) is 19.6 Å². The number of ether oxygens (including phenoxy) is 1. The van der Waals surface area contributed by atoms with Crippen molar-refractivity contribution >= 4 is 17.2 Å². The second kappa shape index (κ2) is 8.46. The summed E-state index contributed by atoms with van der Waals surface area (Å²) < 4.78 is 7.66. The number of carbonyl (C=O) groups excluding carboxylic acids is 1. The molecule has 2 heterocycles. The van der Waals surface area contributed by atoms with E-state index in [-0.39, 0.29) is 17.6 Å². The number of rotatable bonds is 6. The summed E-state index contributed by atoms with van der Waals surface area (Å²) in [5.41, 5.74) is 2.29. The highest BCUT2D eigenvalue weighted by Gasteiger charge is 2.27. The standard InChI is InChI=1S/C22H22N4O4/c1-16-12-23-25(13-16)15-19-14-24(9-10-30-19)20-8-7-18(11-21(20)26(28)29)22(27)17-5-3-2-4-6-17/h2-8,11-13,19H,9-10,14-15H2,1H3. The zero-order chi connectivity index (χ0) is 21.1. The molecule has 0 amide bonds. The van der Waals surface area contributed by atoms with Gasteiger partial charge in [0.2, 0.25) is 0 Å². The van der Waals surface area contributed by atoms with Crippen LogP contribution in [0, 0.1) is 17.0 Å². The maximum atomic E-state index is 12.7. The van der Waals surface area contributed by atoms with Crippen LogP contribution in [0.4, 0.5) is 11.4 Å². The van der Waals surface area contributed by atoms with E-state index in [2.05, 4.69) is 5.10 Å².